The number of rotatable bonds is 5. The number of hydrogen-bond donors (Lipinski definition) is 1. The van der Waals surface area contributed by atoms with E-state index < -0.39 is 0 Å². The first kappa shape index (κ1) is 27.3. The minimum atomic E-state index is -0.216. The molecule has 41 heavy (non-hydrogen) atoms. The highest BCUT2D eigenvalue weighted by atomic mass is 35.5. The fraction of sp³-hybridized carbons (Fsp3) is 0.235. The van der Waals surface area contributed by atoms with Gasteiger partial charge in [0.1, 0.15) is 11.5 Å². The molecule has 0 aliphatic carbocycles. The van der Waals surface area contributed by atoms with Crippen molar-refractivity contribution in [3.05, 3.63) is 119 Å². The van der Waals surface area contributed by atoms with E-state index in [9.17, 15) is 0 Å². The summed E-state index contributed by atoms with van der Waals surface area (Å²) in [5, 5.41) is 4.87. The molecule has 5 nitrogen and oxygen atoms in total. The van der Waals surface area contributed by atoms with E-state index in [2.05, 4.69) is 68.1 Å². The number of nitrogens with one attached hydrogen (secondary N) is 1. The topological polar surface area (TPSA) is 40.6 Å². The van der Waals surface area contributed by atoms with Crippen LogP contribution in [0.4, 0.5) is 11.4 Å². The number of aryl methyl sites for hydroxylation is 1. The molecule has 0 amide bonds. The van der Waals surface area contributed by atoms with Gasteiger partial charge in [0.05, 0.1) is 23.3 Å². The smallest absolute Gasteiger partial charge is 0.174 e. The molecule has 0 unspecified atom stereocenters. The molecular formula is C34H33ClN4OS. The number of fused-ring (bicyclic) bond motifs is 1. The van der Waals surface area contributed by atoms with E-state index in [4.69, 9.17) is 33.5 Å². The van der Waals surface area contributed by atoms with Crippen molar-refractivity contribution in [1.29, 1.82) is 0 Å². The molecule has 3 heterocycles. The second kappa shape index (κ2) is 10.5. The Bertz CT molecular complexity index is 1630. The standard InChI is InChI=1S/C34H33ClN4OS/c1-21-9-13-24(14-10-21)40-25-15-11-23(12-16-25)39-32(31(37-33(39)41)29-8-6-7-17-36-29)27-18-26-22(2)20-34(3,4)38(5)30(26)19-28(27)35/h6-20,31-32H,1-5H3,(H,37,41)/t31-,32-/m1/s1. The van der Waals surface area contributed by atoms with Gasteiger partial charge in [-0.2, -0.15) is 0 Å². The first-order chi connectivity index (χ1) is 19.6. The van der Waals surface area contributed by atoms with Crippen LogP contribution >= 0.6 is 23.8 Å². The number of thiocarbonyl (C=S) groups is 1. The number of anilines is 2. The van der Waals surface area contributed by atoms with E-state index in [1.165, 1.54) is 16.7 Å². The van der Waals surface area contributed by atoms with Crippen molar-refractivity contribution < 1.29 is 4.74 Å². The van der Waals surface area contributed by atoms with E-state index in [1.54, 1.807) is 0 Å². The average molecular weight is 581 g/mol. The zero-order valence-electron chi connectivity index (χ0n) is 23.9. The van der Waals surface area contributed by atoms with Crippen molar-refractivity contribution in [2.75, 3.05) is 16.8 Å². The summed E-state index contributed by atoms with van der Waals surface area (Å²) in [6.45, 7) is 8.66. The lowest BCUT2D eigenvalue weighted by molar-refractivity contribution is 0.482. The molecule has 0 bridgehead atoms. The summed E-state index contributed by atoms with van der Waals surface area (Å²) in [5.74, 6) is 1.55. The highest BCUT2D eigenvalue weighted by Crippen LogP contribution is 2.48. The van der Waals surface area contributed by atoms with Gasteiger partial charge in [-0.1, -0.05) is 41.4 Å². The average Bonchev–Trinajstić information content (AvgIpc) is 3.30. The fourth-order valence-electron chi connectivity index (χ4n) is 5.78. The van der Waals surface area contributed by atoms with E-state index in [-0.39, 0.29) is 17.6 Å². The van der Waals surface area contributed by atoms with Crippen LogP contribution in [0, 0.1) is 6.92 Å². The molecule has 0 spiro atoms. The van der Waals surface area contributed by atoms with Crippen molar-refractivity contribution in [3.63, 3.8) is 0 Å². The minimum absolute atomic E-state index is 0.108. The molecule has 1 saturated heterocycles. The Morgan fingerprint density at radius 1 is 0.951 bits per heavy atom. The molecule has 2 atom stereocenters. The predicted molar refractivity (Wildman–Crippen MR) is 173 cm³/mol. The largest absolute Gasteiger partial charge is 0.457 e. The molecule has 4 aromatic rings. The van der Waals surface area contributed by atoms with Crippen LogP contribution < -0.4 is 19.9 Å². The third-order valence-corrected chi connectivity index (χ3v) is 8.77. The van der Waals surface area contributed by atoms with Gasteiger partial charge in [0, 0.05) is 35.2 Å². The van der Waals surface area contributed by atoms with E-state index in [1.807, 2.05) is 72.9 Å². The molecule has 208 valence electrons. The first-order valence-electron chi connectivity index (χ1n) is 13.7. The van der Waals surface area contributed by atoms with Gasteiger partial charge < -0.3 is 19.9 Å². The van der Waals surface area contributed by atoms with E-state index in [0.29, 0.717) is 10.1 Å². The Labute approximate surface area is 252 Å². The normalized spacial score (nSPS) is 19.5. The number of hydrogen-bond acceptors (Lipinski definition) is 4. The summed E-state index contributed by atoms with van der Waals surface area (Å²) >= 11 is 13.1. The molecule has 1 N–H and O–H groups in total. The van der Waals surface area contributed by atoms with Gasteiger partial charge in [0.15, 0.2) is 5.11 Å². The van der Waals surface area contributed by atoms with Gasteiger partial charge in [-0.05, 0) is 112 Å². The van der Waals surface area contributed by atoms with E-state index >= 15 is 0 Å². The molecule has 6 rings (SSSR count). The van der Waals surface area contributed by atoms with Crippen molar-refractivity contribution in [2.45, 2.75) is 45.3 Å². The number of pyridine rings is 1. The quantitative estimate of drug-likeness (QED) is 0.238. The summed E-state index contributed by atoms with van der Waals surface area (Å²) in [6, 6.07) is 25.9. The van der Waals surface area contributed by atoms with Gasteiger partial charge in [0.25, 0.3) is 0 Å². The van der Waals surface area contributed by atoms with Crippen LogP contribution in [-0.2, 0) is 0 Å². The molecule has 3 aromatic carbocycles. The molecule has 2 aliphatic rings. The summed E-state index contributed by atoms with van der Waals surface area (Å²) in [6.07, 6.45) is 4.13. The maximum absolute atomic E-state index is 7.14. The lowest BCUT2D eigenvalue weighted by atomic mass is 9.86. The fourth-order valence-corrected chi connectivity index (χ4v) is 6.40. The Morgan fingerprint density at radius 3 is 2.29 bits per heavy atom. The number of halogens is 1. The molecular weight excluding hydrogens is 548 g/mol. The Kier molecular flexibility index (Phi) is 7.00. The summed E-state index contributed by atoms with van der Waals surface area (Å²) < 4.78 is 6.09. The highest BCUT2D eigenvalue weighted by molar-refractivity contribution is 7.80. The van der Waals surface area contributed by atoms with Crippen LogP contribution in [0.3, 0.4) is 0 Å². The van der Waals surface area contributed by atoms with E-state index in [0.717, 1.165) is 34.1 Å². The number of allylic oxidation sites excluding steroid dienone is 1. The zero-order valence-corrected chi connectivity index (χ0v) is 25.4. The van der Waals surface area contributed by atoms with Gasteiger partial charge in [-0.25, -0.2) is 0 Å². The van der Waals surface area contributed by atoms with Crippen molar-refractivity contribution in [2.24, 2.45) is 0 Å². The summed E-state index contributed by atoms with van der Waals surface area (Å²) in [4.78, 5) is 9.13. The number of benzene rings is 3. The SMILES string of the molecule is CC1=CC(C)(C)N(C)c2cc(Cl)c([C@@H]3[C@@H](c4ccccn4)NC(=S)N3c3ccc(Oc4ccc(C)cc4)cc3)cc21. The second-order valence-electron chi connectivity index (χ2n) is 11.3. The van der Waals surface area contributed by atoms with Crippen LogP contribution in [0.25, 0.3) is 5.57 Å². The van der Waals surface area contributed by atoms with Gasteiger partial charge in [-0.3, -0.25) is 4.98 Å². The van der Waals surface area contributed by atoms with Crippen LogP contribution in [0.2, 0.25) is 5.02 Å². The Hall–Kier alpha value is -3.87. The molecule has 0 radical (unpaired) electrons. The molecule has 1 fully saturated rings. The lowest BCUT2D eigenvalue weighted by Crippen LogP contribution is -2.42. The number of ether oxygens (including phenoxy) is 1. The molecule has 1 aromatic heterocycles. The van der Waals surface area contributed by atoms with Gasteiger partial charge >= 0.3 is 0 Å². The van der Waals surface area contributed by atoms with Crippen LogP contribution in [-0.4, -0.2) is 22.7 Å². The number of aromatic nitrogens is 1. The van der Waals surface area contributed by atoms with Crippen LogP contribution in [0.1, 0.15) is 55.2 Å². The lowest BCUT2D eigenvalue weighted by Gasteiger charge is -2.41. The maximum Gasteiger partial charge on any atom is 0.174 e. The maximum atomic E-state index is 7.14. The van der Waals surface area contributed by atoms with Crippen molar-refractivity contribution in [3.8, 4) is 11.5 Å². The third-order valence-electron chi connectivity index (χ3n) is 8.12. The predicted octanol–water partition coefficient (Wildman–Crippen LogP) is 8.64. The van der Waals surface area contributed by atoms with Gasteiger partial charge in [0.2, 0.25) is 0 Å². The van der Waals surface area contributed by atoms with Crippen LogP contribution in [0.15, 0.2) is 91.1 Å². The highest BCUT2D eigenvalue weighted by Gasteiger charge is 2.42. The zero-order chi connectivity index (χ0) is 28.9. The minimum Gasteiger partial charge on any atom is -0.457 e. The Morgan fingerprint density at radius 2 is 1.63 bits per heavy atom. The van der Waals surface area contributed by atoms with Crippen molar-refractivity contribution in [1.82, 2.24) is 10.3 Å². The Balaban J connectivity index is 1.42. The number of nitrogens with zero attached hydrogens (tertiary/aromatic N) is 3. The number of likely N-dealkylation sites (N-methyl/N-ethyl adjacent to an activating group) is 1. The molecule has 2 aliphatic heterocycles. The molecule has 7 heteroatoms. The first-order valence-corrected chi connectivity index (χ1v) is 14.5. The van der Waals surface area contributed by atoms with Gasteiger partial charge in [-0.15, -0.1) is 0 Å². The third kappa shape index (κ3) is 5.07. The summed E-state index contributed by atoms with van der Waals surface area (Å²) in [7, 11) is 2.12. The molecule has 0 saturated carbocycles. The second-order valence-corrected chi connectivity index (χ2v) is 12.1. The monoisotopic (exact) mass is 580 g/mol. The van der Waals surface area contributed by atoms with Crippen molar-refractivity contribution >= 4 is 45.9 Å². The summed E-state index contributed by atoms with van der Waals surface area (Å²) in [5.41, 5.74) is 7.45. The van der Waals surface area contributed by atoms with Crippen LogP contribution in [0.5, 0.6) is 11.5 Å².